The summed E-state index contributed by atoms with van der Waals surface area (Å²) in [5.74, 6) is -0.619. The number of para-hydroxylation sites is 1. The number of carboxylic acids is 1. The van der Waals surface area contributed by atoms with Crippen molar-refractivity contribution in [3.05, 3.63) is 71.8 Å². The maximum Gasteiger partial charge on any atom is 0.328 e. The monoisotopic (exact) mass is 351 g/mol. The SMILES string of the molecule is CC(C)c1cccc2c1OC(c1ccccc1)CN2C(=O)C=CC(=O)O. The van der Waals surface area contributed by atoms with E-state index in [0.717, 1.165) is 23.3 Å². The van der Waals surface area contributed by atoms with Crippen molar-refractivity contribution in [3.63, 3.8) is 0 Å². The third-order valence-electron chi connectivity index (χ3n) is 4.35. The Labute approximate surface area is 152 Å². The molecule has 1 aliphatic heterocycles. The minimum Gasteiger partial charge on any atom is -0.481 e. The lowest BCUT2D eigenvalue weighted by atomic mass is 9.98. The number of hydrogen-bond donors (Lipinski definition) is 1. The molecule has 1 heterocycles. The highest BCUT2D eigenvalue weighted by Crippen LogP contribution is 2.43. The number of anilines is 1. The van der Waals surface area contributed by atoms with Gasteiger partial charge in [-0.15, -0.1) is 0 Å². The van der Waals surface area contributed by atoms with Crippen molar-refractivity contribution in [1.29, 1.82) is 0 Å². The molecule has 26 heavy (non-hydrogen) atoms. The largest absolute Gasteiger partial charge is 0.481 e. The van der Waals surface area contributed by atoms with Gasteiger partial charge in [0.25, 0.3) is 5.91 Å². The molecule has 1 unspecified atom stereocenters. The molecule has 1 aliphatic rings. The highest BCUT2D eigenvalue weighted by Gasteiger charge is 2.31. The quantitative estimate of drug-likeness (QED) is 0.848. The average molecular weight is 351 g/mol. The van der Waals surface area contributed by atoms with Gasteiger partial charge in [0.15, 0.2) is 0 Å². The van der Waals surface area contributed by atoms with Gasteiger partial charge in [-0.1, -0.05) is 56.3 Å². The normalized spacial score (nSPS) is 16.4. The van der Waals surface area contributed by atoms with E-state index in [9.17, 15) is 9.59 Å². The van der Waals surface area contributed by atoms with Crippen LogP contribution >= 0.6 is 0 Å². The first-order chi connectivity index (χ1) is 12.5. The van der Waals surface area contributed by atoms with Crippen LogP contribution in [0.15, 0.2) is 60.7 Å². The second-order valence-corrected chi connectivity index (χ2v) is 6.49. The van der Waals surface area contributed by atoms with Gasteiger partial charge in [0.1, 0.15) is 11.9 Å². The number of carbonyl (C=O) groups is 2. The molecule has 0 spiro atoms. The standard InChI is InChI=1S/C21H21NO4/c1-14(2)16-9-6-10-17-21(16)26-18(15-7-4-3-5-8-15)13-22(17)19(23)11-12-20(24)25/h3-12,14,18H,13H2,1-2H3,(H,24,25). The minimum absolute atomic E-state index is 0.228. The van der Waals surface area contributed by atoms with E-state index in [1.807, 2.05) is 48.5 Å². The van der Waals surface area contributed by atoms with Crippen molar-refractivity contribution < 1.29 is 19.4 Å². The maximum atomic E-state index is 12.6. The number of carbonyl (C=O) groups excluding carboxylic acids is 1. The zero-order chi connectivity index (χ0) is 18.7. The molecule has 2 aromatic carbocycles. The zero-order valence-corrected chi connectivity index (χ0v) is 14.8. The molecule has 1 atom stereocenters. The van der Waals surface area contributed by atoms with Crippen molar-refractivity contribution >= 4 is 17.6 Å². The van der Waals surface area contributed by atoms with Crippen LogP contribution in [-0.2, 0) is 9.59 Å². The van der Waals surface area contributed by atoms with E-state index in [1.54, 1.807) is 4.90 Å². The lowest BCUT2D eigenvalue weighted by Crippen LogP contribution is -2.39. The fraction of sp³-hybridized carbons (Fsp3) is 0.238. The second kappa shape index (κ2) is 7.44. The van der Waals surface area contributed by atoms with Crippen LogP contribution in [0.4, 0.5) is 5.69 Å². The molecular formula is C21H21NO4. The van der Waals surface area contributed by atoms with E-state index in [4.69, 9.17) is 9.84 Å². The number of ether oxygens (including phenoxy) is 1. The molecule has 5 nitrogen and oxygen atoms in total. The summed E-state index contributed by atoms with van der Waals surface area (Å²) in [7, 11) is 0. The third kappa shape index (κ3) is 3.61. The summed E-state index contributed by atoms with van der Waals surface area (Å²) in [5.41, 5.74) is 2.66. The Morgan fingerprint density at radius 2 is 1.85 bits per heavy atom. The van der Waals surface area contributed by atoms with Crippen molar-refractivity contribution in [2.75, 3.05) is 11.4 Å². The Morgan fingerprint density at radius 3 is 2.50 bits per heavy atom. The number of carboxylic acid groups (broad SMARTS) is 1. The first kappa shape index (κ1) is 17.7. The van der Waals surface area contributed by atoms with Crippen LogP contribution in [0.25, 0.3) is 0 Å². The van der Waals surface area contributed by atoms with Gasteiger partial charge in [-0.25, -0.2) is 4.79 Å². The van der Waals surface area contributed by atoms with Gasteiger partial charge in [0.2, 0.25) is 0 Å². The second-order valence-electron chi connectivity index (χ2n) is 6.49. The average Bonchev–Trinajstić information content (AvgIpc) is 2.65. The van der Waals surface area contributed by atoms with E-state index >= 15 is 0 Å². The van der Waals surface area contributed by atoms with Crippen LogP contribution in [0.1, 0.15) is 37.0 Å². The number of amides is 1. The number of hydrogen-bond acceptors (Lipinski definition) is 3. The van der Waals surface area contributed by atoms with Gasteiger partial charge >= 0.3 is 5.97 Å². The van der Waals surface area contributed by atoms with Gasteiger partial charge in [0.05, 0.1) is 12.2 Å². The van der Waals surface area contributed by atoms with Crippen LogP contribution in [0.5, 0.6) is 5.75 Å². The molecule has 5 heteroatoms. The molecule has 3 rings (SSSR count). The van der Waals surface area contributed by atoms with Gasteiger partial charge in [-0.2, -0.15) is 0 Å². The number of fused-ring (bicyclic) bond motifs is 1. The van der Waals surface area contributed by atoms with Crippen LogP contribution in [0, 0.1) is 0 Å². The summed E-state index contributed by atoms with van der Waals surface area (Å²) in [6.45, 7) is 4.46. The Hall–Kier alpha value is -3.08. The van der Waals surface area contributed by atoms with Crippen LogP contribution in [0.2, 0.25) is 0 Å². The van der Waals surface area contributed by atoms with Crippen molar-refractivity contribution in [1.82, 2.24) is 0 Å². The Morgan fingerprint density at radius 1 is 1.12 bits per heavy atom. The van der Waals surface area contributed by atoms with Gasteiger partial charge in [0, 0.05) is 12.2 Å². The highest BCUT2D eigenvalue weighted by molar-refractivity contribution is 6.05. The molecule has 0 saturated carbocycles. The molecule has 1 N–H and O–H groups in total. The molecular weight excluding hydrogens is 330 g/mol. The number of rotatable bonds is 4. The molecule has 0 fully saturated rings. The van der Waals surface area contributed by atoms with E-state index in [2.05, 4.69) is 13.8 Å². The lowest BCUT2D eigenvalue weighted by Gasteiger charge is -2.36. The summed E-state index contributed by atoms with van der Waals surface area (Å²) in [5, 5.41) is 8.82. The molecule has 1 amide bonds. The summed E-state index contributed by atoms with van der Waals surface area (Å²) in [6, 6.07) is 15.4. The molecule has 2 aromatic rings. The van der Waals surface area contributed by atoms with Crippen LogP contribution in [0.3, 0.4) is 0 Å². The predicted octanol–water partition coefficient (Wildman–Crippen LogP) is 3.92. The number of aliphatic carboxylic acids is 1. The van der Waals surface area contributed by atoms with Crippen LogP contribution < -0.4 is 9.64 Å². The predicted molar refractivity (Wildman–Crippen MR) is 99.5 cm³/mol. The van der Waals surface area contributed by atoms with E-state index in [0.29, 0.717) is 18.0 Å². The summed E-state index contributed by atoms with van der Waals surface area (Å²) in [4.78, 5) is 25.0. The number of nitrogens with zero attached hydrogens (tertiary/aromatic N) is 1. The number of benzene rings is 2. The Kier molecular flexibility index (Phi) is 5.07. The fourth-order valence-electron chi connectivity index (χ4n) is 3.06. The first-order valence-electron chi connectivity index (χ1n) is 8.54. The Balaban J connectivity index is 2.05. The van der Waals surface area contributed by atoms with E-state index in [-0.39, 0.29) is 17.9 Å². The van der Waals surface area contributed by atoms with Crippen molar-refractivity contribution in [2.24, 2.45) is 0 Å². The van der Waals surface area contributed by atoms with Gasteiger partial charge < -0.3 is 14.7 Å². The first-order valence-corrected chi connectivity index (χ1v) is 8.54. The van der Waals surface area contributed by atoms with Crippen molar-refractivity contribution in [3.8, 4) is 5.75 Å². The van der Waals surface area contributed by atoms with Crippen molar-refractivity contribution in [2.45, 2.75) is 25.9 Å². The fourth-order valence-corrected chi connectivity index (χ4v) is 3.06. The molecule has 0 aromatic heterocycles. The highest BCUT2D eigenvalue weighted by atomic mass is 16.5. The smallest absolute Gasteiger partial charge is 0.328 e. The maximum absolute atomic E-state index is 12.6. The summed E-state index contributed by atoms with van der Waals surface area (Å²) < 4.78 is 6.28. The minimum atomic E-state index is -1.15. The van der Waals surface area contributed by atoms with E-state index in [1.165, 1.54) is 0 Å². The lowest BCUT2D eigenvalue weighted by molar-refractivity contribution is -0.131. The molecule has 0 radical (unpaired) electrons. The van der Waals surface area contributed by atoms with E-state index < -0.39 is 5.97 Å². The molecule has 0 bridgehead atoms. The molecule has 0 aliphatic carbocycles. The third-order valence-corrected chi connectivity index (χ3v) is 4.35. The summed E-state index contributed by atoms with van der Waals surface area (Å²) >= 11 is 0. The van der Waals surface area contributed by atoms with Gasteiger partial charge in [-0.3, -0.25) is 4.79 Å². The zero-order valence-electron chi connectivity index (χ0n) is 14.8. The summed E-state index contributed by atoms with van der Waals surface area (Å²) in [6.07, 6.45) is 1.63. The molecule has 134 valence electrons. The topological polar surface area (TPSA) is 66.8 Å². The molecule has 0 saturated heterocycles. The van der Waals surface area contributed by atoms with Crippen LogP contribution in [-0.4, -0.2) is 23.5 Å². The van der Waals surface area contributed by atoms with Gasteiger partial charge in [-0.05, 0) is 23.1 Å². The Bertz CT molecular complexity index is 842.